The van der Waals surface area contributed by atoms with E-state index in [1.54, 1.807) is 0 Å². The zero-order valence-corrected chi connectivity index (χ0v) is 13.2. The number of sulfone groups is 1. The SMILES string of the molecule is CNC(=O)c1sc(N2CC(O)C(O)C2)c(S(C)(=O)=O)c1N. The van der Waals surface area contributed by atoms with Crippen LogP contribution in [0.15, 0.2) is 4.90 Å². The van der Waals surface area contributed by atoms with Crippen molar-refractivity contribution in [3.8, 4) is 0 Å². The number of thiophene rings is 1. The molecule has 0 aliphatic carbocycles. The van der Waals surface area contributed by atoms with Crippen LogP contribution >= 0.6 is 11.3 Å². The van der Waals surface area contributed by atoms with Gasteiger partial charge in [0.05, 0.1) is 17.9 Å². The predicted molar refractivity (Wildman–Crippen MR) is 79.5 cm³/mol. The topological polar surface area (TPSA) is 133 Å². The van der Waals surface area contributed by atoms with Crippen molar-refractivity contribution < 1.29 is 23.4 Å². The van der Waals surface area contributed by atoms with E-state index in [0.717, 1.165) is 17.6 Å². The van der Waals surface area contributed by atoms with E-state index in [-0.39, 0.29) is 33.6 Å². The van der Waals surface area contributed by atoms with Crippen LogP contribution in [0.5, 0.6) is 0 Å². The molecule has 5 N–H and O–H groups in total. The summed E-state index contributed by atoms with van der Waals surface area (Å²) in [4.78, 5) is 13.3. The van der Waals surface area contributed by atoms with Gasteiger partial charge in [0.1, 0.15) is 14.8 Å². The van der Waals surface area contributed by atoms with E-state index < -0.39 is 28.0 Å². The van der Waals surface area contributed by atoms with E-state index in [1.165, 1.54) is 11.9 Å². The molecule has 10 heteroatoms. The minimum atomic E-state index is -3.66. The molecule has 1 fully saturated rings. The van der Waals surface area contributed by atoms with Crippen LogP contribution in [0.25, 0.3) is 0 Å². The Kier molecular flexibility index (Phi) is 4.15. The van der Waals surface area contributed by atoms with Crippen LogP contribution in [-0.2, 0) is 9.84 Å². The normalized spacial score (nSPS) is 22.6. The molecule has 1 aliphatic rings. The maximum atomic E-state index is 12.0. The third-order valence-electron chi connectivity index (χ3n) is 3.23. The number of aliphatic hydroxyl groups excluding tert-OH is 2. The fraction of sp³-hybridized carbons (Fsp3) is 0.545. The van der Waals surface area contributed by atoms with Gasteiger partial charge in [0.25, 0.3) is 5.91 Å². The first kappa shape index (κ1) is 16.0. The largest absolute Gasteiger partial charge is 0.396 e. The molecule has 1 aromatic heterocycles. The first-order valence-corrected chi connectivity index (χ1v) is 8.83. The number of aliphatic hydroxyl groups is 2. The van der Waals surface area contributed by atoms with Crippen LogP contribution in [0.2, 0.25) is 0 Å². The Bertz CT molecular complexity index is 660. The molecule has 2 unspecified atom stereocenters. The summed E-state index contributed by atoms with van der Waals surface area (Å²) in [7, 11) is -2.24. The molecule has 0 aromatic carbocycles. The smallest absolute Gasteiger partial charge is 0.263 e. The van der Waals surface area contributed by atoms with E-state index in [9.17, 15) is 23.4 Å². The van der Waals surface area contributed by atoms with E-state index in [4.69, 9.17) is 5.73 Å². The van der Waals surface area contributed by atoms with Crippen LogP contribution in [0.4, 0.5) is 10.7 Å². The Morgan fingerprint density at radius 1 is 1.38 bits per heavy atom. The molecule has 0 radical (unpaired) electrons. The van der Waals surface area contributed by atoms with E-state index >= 15 is 0 Å². The summed E-state index contributed by atoms with van der Waals surface area (Å²) in [5.74, 6) is -0.478. The summed E-state index contributed by atoms with van der Waals surface area (Å²) in [5, 5.41) is 21.9. The molecule has 1 aromatic rings. The second kappa shape index (κ2) is 5.44. The number of β-amino-alcohol motifs (C(OH)–C–C–N with tert-alkyl or cyclic N) is 2. The predicted octanol–water partition coefficient (Wildman–Crippen LogP) is -1.36. The van der Waals surface area contributed by atoms with E-state index in [0.29, 0.717) is 0 Å². The Balaban J connectivity index is 2.57. The number of nitrogens with two attached hydrogens (primary N) is 1. The van der Waals surface area contributed by atoms with Crippen molar-refractivity contribution in [2.45, 2.75) is 17.1 Å². The number of carbonyl (C=O) groups is 1. The number of hydrogen-bond acceptors (Lipinski definition) is 8. The molecule has 0 spiro atoms. The lowest BCUT2D eigenvalue weighted by molar-refractivity contribution is 0.0572. The van der Waals surface area contributed by atoms with Gasteiger partial charge < -0.3 is 26.2 Å². The first-order chi connectivity index (χ1) is 9.66. The van der Waals surface area contributed by atoms with Crippen molar-refractivity contribution in [2.24, 2.45) is 0 Å². The maximum absolute atomic E-state index is 12.0. The molecule has 2 heterocycles. The monoisotopic (exact) mass is 335 g/mol. The zero-order chi connectivity index (χ0) is 15.9. The number of nitrogens with zero attached hydrogens (tertiary/aromatic N) is 1. The van der Waals surface area contributed by atoms with Crippen LogP contribution < -0.4 is 16.0 Å². The van der Waals surface area contributed by atoms with Gasteiger partial charge in [-0.05, 0) is 0 Å². The van der Waals surface area contributed by atoms with Crippen molar-refractivity contribution in [3.05, 3.63) is 4.88 Å². The molecular formula is C11H17N3O5S2. The molecule has 1 saturated heterocycles. The highest BCUT2D eigenvalue weighted by molar-refractivity contribution is 7.91. The van der Waals surface area contributed by atoms with Crippen LogP contribution in [0.1, 0.15) is 9.67 Å². The zero-order valence-electron chi connectivity index (χ0n) is 11.5. The molecule has 2 atom stereocenters. The highest BCUT2D eigenvalue weighted by atomic mass is 32.2. The average molecular weight is 335 g/mol. The fourth-order valence-corrected chi connectivity index (χ4v) is 4.87. The summed E-state index contributed by atoms with van der Waals surface area (Å²) in [6.45, 7) is 0.160. The Labute approximate surface area is 126 Å². The summed E-state index contributed by atoms with van der Waals surface area (Å²) in [6, 6.07) is 0. The van der Waals surface area contributed by atoms with Gasteiger partial charge in [0.2, 0.25) is 0 Å². The highest BCUT2D eigenvalue weighted by Gasteiger charge is 2.36. The number of carbonyl (C=O) groups excluding carboxylic acids is 1. The highest BCUT2D eigenvalue weighted by Crippen LogP contribution is 2.42. The second-order valence-electron chi connectivity index (χ2n) is 4.87. The second-order valence-corrected chi connectivity index (χ2v) is 7.82. The molecule has 1 aliphatic heterocycles. The fourth-order valence-electron chi connectivity index (χ4n) is 2.20. The third kappa shape index (κ3) is 2.84. The standard InChI is InChI=1S/C11H17N3O5S2/c1-13-10(17)8-7(12)9(21(2,18)19)11(20-8)14-3-5(15)6(16)4-14/h5-6,15-16H,3-4,12H2,1-2H3,(H,13,17). The summed E-state index contributed by atoms with van der Waals surface area (Å²) >= 11 is 0.935. The van der Waals surface area contributed by atoms with Crippen molar-refractivity contribution in [2.75, 3.05) is 37.0 Å². The van der Waals surface area contributed by atoms with Gasteiger partial charge in [0.15, 0.2) is 9.84 Å². The number of nitrogens with one attached hydrogen (secondary N) is 1. The number of nitrogen functional groups attached to an aromatic ring is 1. The Hall–Kier alpha value is -1.36. The Morgan fingerprint density at radius 2 is 1.90 bits per heavy atom. The third-order valence-corrected chi connectivity index (χ3v) is 5.78. The minimum absolute atomic E-state index is 0.0802. The lowest BCUT2D eigenvalue weighted by Crippen LogP contribution is -2.22. The number of amides is 1. The first-order valence-electron chi connectivity index (χ1n) is 6.12. The lowest BCUT2D eigenvalue weighted by atomic mass is 10.3. The quantitative estimate of drug-likeness (QED) is 0.536. The molecular weight excluding hydrogens is 318 g/mol. The van der Waals surface area contributed by atoms with Crippen LogP contribution in [-0.4, -0.2) is 63.1 Å². The van der Waals surface area contributed by atoms with E-state index in [2.05, 4.69) is 5.32 Å². The van der Waals surface area contributed by atoms with Crippen LogP contribution in [0.3, 0.4) is 0 Å². The molecule has 21 heavy (non-hydrogen) atoms. The van der Waals surface area contributed by atoms with Gasteiger partial charge in [-0.15, -0.1) is 11.3 Å². The number of rotatable bonds is 3. The van der Waals surface area contributed by atoms with Crippen molar-refractivity contribution in [3.63, 3.8) is 0 Å². The molecule has 2 rings (SSSR count). The van der Waals surface area contributed by atoms with Crippen LogP contribution in [0, 0.1) is 0 Å². The van der Waals surface area contributed by atoms with E-state index in [1.807, 2.05) is 0 Å². The minimum Gasteiger partial charge on any atom is -0.396 e. The van der Waals surface area contributed by atoms with Crippen molar-refractivity contribution in [1.29, 1.82) is 0 Å². The Morgan fingerprint density at radius 3 is 2.33 bits per heavy atom. The molecule has 0 bridgehead atoms. The lowest BCUT2D eigenvalue weighted by Gasteiger charge is -2.16. The van der Waals surface area contributed by atoms with Gasteiger partial charge >= 0.3 is 0 Å². The average Bonchev–Trinajstić information content (AvgIpc) is 2.89. The van der Waals surface area contributed by atoms with Gasteiger partial charge in [-0.25, -0.2) is 8.42 Å². The van der Waals surface area contributed by atoms with Crippen molar-refractivity contribution in [1.82, 2.24) is 5.32 Å². The van der Waals surface area contributed by atoms with Gasteiger partial charge in [-0.2, -0.15) is 0 Å². The van der Waals surface area contributed by atoms with Gasteiger partial charge in [-0.1, -0.05) is 0 Å². The maximum Gasteiger partial charge on any atom is 0.263 e. The summed E-state index contributed by atoms with van der Waals surface area (Å²) in [6.07, 6.45) is -0.931. The number of hydrogen-bond donors (Lipinski definition) is 4. The summed E-state index contributed by atoms with van der Waals surface area (Å²) < 4.78 is 23.9. The molecule has 1 amide bonds. The molecule has 118 valence electrons. The molecule has 8 nitrogen and oxygen atoms in total. The molecule has 0 saturated carbocycles. The number of anilines is 2. The van der Waals surface area contributed by atoms with Gasteiger partial charge in [0, 0.05) is 26.4 Å². The van der Waals surface area contributed by atoms with Gasteiger partial charge in [-0.3, -0.25) is 4.79 Å². The van der Waals surface area contributed by atoms with Crippen molar-refractivity contribution >= 4 is 37.8 Å². The summed E-state index contributed by atoms with van der Waals surface area (Å²) in [5.41, 5.74) is 5.72.